The number of carbonyl (C=O) groups excluding carboxylic acids is 1. The van der Waals surface area contributed by atoms with Crippen LogP contribution in [0.2, 0.25) is 0 Å². The summed E-state index contributed by atoms with van der Waals surface area (Å²) in [6, 6.07) is 3.72. The minimum Gasteiger partial charge on any atom is -0.398 e. The summed E-state index contributed by atoms with van der Waals surface area (Å²) in [4.78, 5) is 13.5. The van der Waals surface area contributed by atoms with Crippen molar-refractivity contribution in [1.82, 2.24) is 5.32 Å². The lowest BCUT2D eigenvalue weighted by molar-refractivity contribution is -0.136. The average molecular weight is 287 g/mol. The predicted molar refractivity (Wildman–Crippen MR) is 70.3 cm³/mol. The third kappa shape index (κ3) is 2.39. The van der Waals surface area contributed by atoms with Crippen LogP contribution in [-0.4, -0.2) is 24.5 Å². The lowest BCUT2D eigenvalue weighted by Gasteiger charge is -2.43. The van der Waals surface area contributed by atoms with Gasteiger partial charge in [-0.1, -0.05) is 0 Å². The zero-order valence-electron chi connectivity index (χ0n) is 11.2. The number of nitrogens with two attached hydrogens (primary N) is 1. The van der Waals surface area contributed by atoms with Crippen molar-refractivity contribution >= 4 is 17.3 Å². The van der Waals surface area contributed by atoms with Crippen LogP contribution in [-0.2, 0) is 11.0 Å². The van der Waals surface area contributed by atoms with Gasteiger partial charge in [0.2, 0.25) is 5.91 Å². The van der Waals surface area contributed by atoms with Gasteiger partial charge in [0.25, 0.3) is 0 Å². The summed E-state index contributed by atoms with van der Waals surface area (Å²) in [7, 11) is 0. The molecule has 0 atom stereocenters. The lowest BCUT2D eigenvalue weighted by atomic mass is 9.97. The fourth-order valence-corrected chi connectivity index (χ4v) is 2.31. The van der Waals surface area contributed by atoms with Gasteiger partial charge < -0.3 is 16.0 Å². The smallest absolute Gasteiger partial charge is 0.398 e. The molecule has 1 aliphatic rings. The zero-order chi connectivity index (χ0) is 15.1. The normalized spacial score (nSPS) is 18.9. The van der Waals surface area contributed by atoms with Gasteiger partial charge in [0.05, 0.1) is 5.56 Å². The second-order valence-corrected chi connectivity index (χ2v) is 5.24. The van der Waals surface area contributed by atoms with Crippen molar-refractivity contribution in [3.05, 3.63) is 23.8 Å². The quantitative estimate of drug-likeness (QED) is 0.777. The Morgan fingerprint density at radius 1 is 1.35 bits per heavy atom. The van der Waals surface area contributed by atoms with E-state index in [2.05, 4.69) is 5.32 Å². The maximum Gasteiger partial charge on any atom is 0.418 e. The molecule has 7 heteroatoms. The zero-order valence-corrected chi connectivity index (χ0v) is 11.2. The topological polar surface area (TPSA) is 58.4 Å². The van der Waals surface area contributed by atoms with Crippen LogP contribution >= 0.6 is 0 Å². The van der Waals surface area contributed by atoms with Crippen molar-refractivity contribution in [3.63, 3.8) is 0 Å². The Labute approximate surface area is 114 Å². The molecule has 1 amide bonds. The number of halogens is 3. The van der Waals surface area contributed by atoms with E-state index in [4.69, 9.17) is 5.73 Å². The highest BCUT2D eigenvalue weighted by Gasteiger charge is 2.39. The van der Waals surface area contributed by atoms with Gasteiger partial charge in [-0.2, -0.15) is 13.2 Å². The van der Waals surface area contributed by atoms with Crippen LogP contribution in [0, 0.1) is 0 Å². The summed E-state index contributed by atoms with van der Waals surface area (Å²) in [6.45, 7) is 4.18. The minimum atomic E-state index is -4.51. The number of hydrogen-bond acceptors (Lipinski definition) is 3. The Morgan fingerprint density at radius 2 is 2.00 bits per heavy atom. The van der Waals surface area contributed by atoms with Gasteiger partial charge in [0.1, 0.15) is 5.54 Å². The molecule has 1 aromatic carbocycles. The summed E-state index contributed by atoms with van der Waals surface area (Å²) in [5.41, 5.74) is 3.62. The van der Waals surface area contributed by atoms with Crippen LogP contribution in [0.5, 0.6) is 0 Å². The van der Waals surface area contributed by atoms with Crippen LogP contribution in [0.4, 0.5) is 24.5 Å². The van der Waals surface area contributed by atoms with E-state index in [-0.39, 0.29) is 11.6 Å². The first-order valence-electron chi connectivity index (χ1n) is 6.16. The van der Waals surface area contributed by atoms with E-state index in [1.807, 2.05) is 0 Å². The first kappa shape index (κ1) is 14.5. The molecule has 20 heavy (non-hydrogen) atoms. The third-order valence-corrected chi connectivity index (χ3v) is 3.51. The second kappa shape index (κ2) is 4.57. The first-order chi connectivity index (χ1) is 9.14. The van der Waals surface area contributed by atoms with Gasteiger partial charge in [0, 0.05) is 24.5 Å². The fourth-order valence-electron chi connectivity index (χ4n) is 2.31. The molecular formula is C13H16F3N3O. The number of piperazine rings is 1. The molecule has 2 rings (SSSR count). The molecule has 4 nitrogen and oxygen atoms in total. The van der Waals surface area contributed by atoms with E-state index in [1.54, 1.807) is 18.7 Å². The number of amides is 1. The average Bonchev–Trinajstić information content (AvgIpc) is 2.32. The number of rotatable bonds is 1. The standard InChI is InChI=1S/C13H16F3N3O/c1-12(2)11(20)18-5-6-19(12)8-3-4-10(17)9(7-8)13(14,15)16/h3-4,7H,5-6,17H2,1-2H3,(H,18,20). The number of carbonyl (C=O) groups is 1. The maximum atomic E-state index is 12.9. The Hall–Kier alpha value is -1.92. The van der Waals surface area contributed by atoms with Crippen molar-refractivity contribution in [1.29, 1.82) is 0 Å². The molecule has 1 aromatic rings. The van der Waals surface area contributed by atoms with Crippen LogP contribution < -0.4 is 16.0 Å². The lowest BCUT2D eigenvalue weighted by Crippen LogP contribution is -2.62. The maximum absolute atomic E-state index is 12.9. The van der Waals surface area contributed by atoms with Gasteiger partial charge in [-0.3, -0.25) is 4.79 Å². The van der Waals surface area contributed by atoms with Gasteiger partial charge in [-0.25, -0.2) is 0 Å². The predicted octanol–water partition coefficient (Wildman–Crippen LogP) is 2.00. The molecule has 0 aliphatic carbocycles. The highest BCUT2D eigenvalue weighted by atomic mass is 19.4. The number of nitrogens with one attached hydrogen (secondary N) is 1. The number of hydrogen-bond donors (Lipinski definition) is 2. The van der Waals surface area contributed by atoms with Gasteiger partial charge in [0.15, 0.2) is 0 Å². The largest absolute Gasteiger partial charge is 0.418 e. The first-order valence-corrected chi connectivity index (χ1v) is 6.16. The summed E-state index contributed by atoms with van der Waals surface area (Å²) >= 11 is 0. The molecule has 1 saturated heterocycles. The number of benzene rings is 1. The second-order valence-electron chi connectivity index (χ2n) is 5.24. The van der Waals surface area contributed by atoms with E-state index in [9.17, 15) is 18.0 Å². The number of nitrogens with zero attached hydrogens (tertiary/aromatic N) is 1. The highest BCUT2D eigenvalue weighted by molar-refractivity contribution is 5.90. The van der Waals surface area contributed by atoms with Crippen molar-refractivity contribution in [2.24, 2.45) is 0 Å². The monoisotopic (exact) mass is 287 g/mol. The summed E-state index contributed by atoms with van der Waals surface area (Å²) in [6.07, 6.45) is -4.51. The van der Waals surface area contributed by atoms with Crippen molar-refractivity contribution in [2.75, 3.05) is 23.7 Å². The third-order valence-electron chi connectivity index (χ3n) is 3.51. The van der Waals surface area contributed by atoms with E-state index >= 15 is 0 Å². The summed E-state index contributed by atoms with van der Waals surface area (Å²) in [5, 5.41) is 2.70. The molecule has 1 fully saturated rings. The minimum absolute atomic E-state index is 0.214. The highest BCUT2D eigenvalue weighted by Crippen LogP contribution is 2.37. The van der Waals surface area contributed by atoms with E-state index < -0.39 is 17.3 Å². The molecule has 1 heterocycles. The molecule has 0 radical (unpaired) electrons. The van der Waals surface area contributed by atoms with Crippen LogP contribution in [0.15, 0.2) is 18.2 Å². The molecule has 0 bridgehead atoms. The molecule has 0 spiro atoms. The Bertz CT molecular complexity index is 540. The molecular weight excluding hydrogens is 271 g/mol. The summed E-state index contributed by atoms with van der Waals surface area (Å²) < 4.78 is 38.7. The van der Waals surface area contributed by atoms with Crippen LogP contribution in [0.3, 0.4) is 0 Å². The fraction of sp³-hybridized carbons (Fsp3) is 0.462. The Kier molecular flexibility index (Phi) is 3.31. The molecule has 0 unspecified atom stereocenters. The van der Waals surface area contributed by atoms with E-state index in [1.165, 1.54) is 12.1 Å². The Morgan fingerprint density at radius 3 is 2.60 bits per heavy atom. The molecule has 3 N–H and O–H groups in total. The van der Waals surface area contributed by atoms with Crippen LogP contribution in [0.25, 0.3) is 0 Å². The number of nitrogen functional groups attached to an aromatic ring is 1. The van der Waals surface area contributed by atoms with Gasteiger partial charge in [-0.05, 0) is 32.0 Å². The molecule has 0 aromatic heterocycles. The molecule has 110 valence electrons. The summed E-state index contributed by atoms with van der Waals surface area (Å²) in [5.74, 6) is -0.214. The Balaban J connectivity index is 2.46. The molecule has 1 aliphatic heterocycles. The van der Waals surface area contributed by atoms with Gasteiger partial charge in [-0.15, -0.1) is 0 Å². The number of alkyl halides is 3. The van der Waals surface area contributed by atoms with E-state index in [0.29, 0.717) is 18.8 Å². The van der Waals surface area contributed by atoms with Crippen molar-refractivity contribution < 1.29 is 18.0 Å². The van der Waals surface area contributed by atoms with Crippen molar-refractivity contribution in [2.45, 2.75) is 25.6 Å². The van der Waals surface area contributed by atoms with E-state index in [0.717, 1.165) is 6.07 Å². The van der Waals surface area contributed by atoms with Crippen LogP contribution in [0.1, 0.15) is 19.4 Å². The van der Waals surface area contributed by atoms with Gasteiger partial charge >= 0.3 is 6.18 Å². The van der Waals surface area contributed by atoms with Crippen molar-refractivity contribution in [3.8, 4) is 0 Å². The SMILES string of the molecule is CC1(C)C(=O)NCCN1c1ccc(N)c(C(F)(F)F)c1. The molecule has 0 saturated carbocycles. The number of anilines is 2.